The van der Waals surface area contributed by atoms with Gasteiger partial charge in [-0.25, -0.2) is 0 Å². The van der Waals surface area contributed by atoms with Gasteiger partial charge in [0.25, 0.3) is 0 Å². The average Bonchev–Trinajstić information content (AvgIpc) is 2.29. The molecular formula is C14H28. The molecule has 0 spiro atoms. The summed E-state index contributed by atoms with van der Waals surface area (Å²) in [5.74, 6) is 0. The molecule has 1 aliphatic rings. The first-order valence-corrected chi connectivity index (χ1v) is 6.66. The third-order valence-electron chi connectivity index (χ3n) is 5.16. The first-order chi connectivity index (χ1) is 6.66. The Kier molecular flexibility index (Phi) is 4.04. The SMILES string of the molecule is CCC1(CC)CCCC(CC)(CC)C1. The molecule has 0 aromatic heterocycles. The van der Waals surface area contributed by atoms with Crippen molar-refractivity contribution in [2.24, 2.45) is 10.8 Å². The minimum absolute atomic E-state index is 0.699. The standard InChI is InChI=1S/C14H28/c1-5-13(6-2)10-9-11-14(7-3,8-4)12-13/h5-12H2,1-4H3. The zero-order valence-corrected chi connectivity index (χ0v) is 10.7. The Morgan fingerprint density at radius 2 is 1.07 bits per heavy atom. The second-order valence-electron chi connectivity index (χ2n) is 5.44. The molecule has 84 valence electrons. The van der Waals surface area contributed by atoms with Crippen LogP contribution >= 0.6 is 0 Å². The largest absolute Gasteiger partial charge is 0.0649 e. The summed E-state index contributed by atoms with van der Waals surface area (Å²) in [6.45, 7) is 9.57. The maximum atomic E-state index is 2.39. The molecule has 0 N–H and O–H groups in total. The van der Waals surface area contributed by atoms with Crippen molar-refractivity contribution < 1.29 is 0 Å². The van der Waals surface area contributed by atoms with Gasteiger partial charge in [-0.3, -0.25) is 0 Å². The summed E-state index contributed by atoms with van der Waals surface area (Å²) >= 11 is 0. The van der Waals surface area contributed by atoms with Crippen LogP contribution in [0.4, 0.5) is 0 Å². The Hall–Kier alpha value is 0. The van der Waals surface area contributed by atoms with Crippen molar-refractivity contribution >= 4 is 0 Å². The molecule has 0 bridgehead atoms. The predicted octanol–water partition coefficient (Wildman–Crippen LogP) is 5.17. The molecule has 0 unspecified atom stereocenters. The summed E-state index contributed by atoms with van der Waals surface area (Å²) in [4.78, 5) is 0. The van der Waals surface area contributed by atoms with E-state index >= 15 is 0 Å². The summed E-state index contributed by atoms with van der Waals surface area (Å²) in [6, 6.07) is 0. The molecule has 0 amide bonds. The molecule has 1 aliphatic carbocycles. The lowest BCUT2D eigenvalue weighted by Crippen LogP contribution is -2.35. The van der Waals surface area contributed by atoms with Crippen LogP contribution in [-0.2, 0) is 0 Å². The molecule has 0 radical (unpaired) electrons. The fourth-order valence-electron chi connectivity index (χ4n) is 3.52. The van der Waals surface area contributed by atoms with Crippen LogP contribution in [0.2, 0.25) is 0 Å². The summed E-state index contributed by atoms with van der Waals surface area (Å²) in [5.41, 5.74) is 1.40. The van der Waals surface area contributed by atoms with Crippen LogP contribution in [0.1, 0.15) is 79.1 Å². The topological polar surface area (TPSA) is 0 Å². The van der Waals surface area contributed by atoms with Crippen molar-refractivity contribution in [3.63, 3.8) is 0 Å². The molecular weight excluding hydrogens is 168 g/mol. The molecule has 1 saturated carbocycles. The molecule has 14 heavy (non-hydrogen) atoms. The Labute approximate surface area is 90.5 Å². The van der Waals surface area contributed by atoms with E-state index in [0.29, 0.717) is 10.8 Å². The number of hydrogen-bond acceptors (Lipinski definition) is 0. The molecule has 0 heterocycles. The lowest BCUT2D eigenvalue weighted by molar-refractivity contribution is 0.0428. The fraction of sp³-hybridized carbons (Fsp3) is 1.00. The van der Waals surface area contributed by atoms with E-state index in [-0.39, 0.29) is 0 Å². The third kappa shape index (κ3) is 2.15. The quantitative estimate of drug-likeness (QED) is 0.581. The minimum Gasteiger partial charge on any atom is -0.0649 e. The van der Waals surface area contributed by atoms with Gasteiger partial charge in [-0.1, -0.05) is 59.8 Å². The normalized spacial score (nSPS) is 24.9. The van der Waals surface area contributed by atoms with E-state index < -0.39 is 0 Å². The molecule has 0 aromatic rings. The third-order valence-corrected chi connectivity index (χ3v) is 5.16. The van der Waals surface area contributed by atoms with Crippen molar-refractivity contribution in [1.29, 1.82) is 0 Å². The zero-order valence-electron chi connectivity index (χ0n) is 10.7. The van der Waals surface area contributed by atoms with E-state index in [9.17, 15) is 0 Å². The smallest absolute Gasteiger partial charge is 0.0297 e. The second-order valence-corrected chi connectivity index (χ2v) is 5.44. The van der Waals surface area contributed by atoms with Gasteiger partial charge in [-0.15, -0.1) is 0 Å². The lowest BCUT2D eigenvalue weighted by atomic mass is 9.58. The van der Waals surface area contributed by atoms with Gasteiger partial charge in [-0.2, -0.15) is 0 Å². The number of hydrogen-bond donors (Lipinski definition) is 0. The van der Waals surface area contributed by atoms with Crippen LogP contribution in [0, 0.1) is 10.8 Å². The van der Waals surface area contributed by atoms with Crippen molar-refractivity contribution in [1.82, 2.24) is 0 Å². The Balaban J connectivity index is 2.75. The summed E-state index contributed by atoms with van der Waals surface area (Å²) in [5, 5.41) is 0. The van der Waals surface area contributed by atoms with Crippen molar-refractivity contribution in [3.8, 4) is 0 Å². The average molecular weight is 196 g/mol. The van der Waals surface area contributed by atoms with Gasteiger partial charge in [0.1, 0.15) is 0 Å². The van der Waals surface area contributed by atoms with Crippen LogP contribution in [0.25, 0.3) is 0 Å². The van der Waals surface area contributed by atoms with Crippen LogP contribution < -0.4 is 0 Å². The van der Waals surface area contributed by atoms with E-state index in [1.165, 1.54) is 51.4 Å². The highest BCUT2D eigenvalue weighted by Crippen LogP contribution is 2.53. The lowest BCUT2D eigenvalue weighted by Gasteiger charge is -2.47. The first-order valence-electron chi connectivity index (χ1n) is 6.66. The highest BCUT2D eigenvalue weighted by atomic mass is 14.5. The molecule has 0 atom stereocenters. The fourth-order valence-corrected chi connectivity index (χ4v) is 3.52. The van der Waals surface area contributed by atoms with Gasteiger partial charge in [-0.05, 0) is 30.1 Å². The van der Waals surface area contributed by atoms with Gasteiger partial charge in [0.2, 0.25) is 0 Å². The van der Waals surface area contributed by atoms with E-state index in [0.717, 1.165) is 0 Å². The Bertz CT molecular complexity index is 143. The Morgan fingerprint density at radius 1 is 0.714 bits per heavy atom. The zero-order chi connectivity index (χ0) is 10.7. The maximum absolute atomic E-state index is 2.39. The molecule has 0 nitrogen and oxygen atoms in total. The molecule has 0 heteroatoms. The maximum Gasteiger partial charge on any atom is -0.0297 e. The van der Waals surface area contributed by atoms with Gasteiger partial charge >= 0.3 is 0 Å². The van der Waals surface area contributed by atoms with Crippen LogP contribution in [0.15, 0.2) is 0 Å². The molecule has 0 aromatic carbocycles. The molecule has 0 aliphatic heterocycles. The van der Waals surface area contributed by atoms with Crippen molar-refractivity contribution in [2.75, 3.05) is 0 Å². The van der Waals surface area contributed by atoms with Crippen LogP contribution in [0.5, 0.6) is 0 Å². The van der Waals surface area contributed by atoms with Crippen LogP contribution in [-0.4, -0.2) is 0 Å². The van der Waals surface area contributed by atoms with E-state index in [1.807, 2.05) is 0 Å². The summed E-state index contributed by atoms with van der Waals surface area (Å²) < 4.78 is 0. The van der Waals surface area contributed by atoms with Gasteiger partial charge in [0.05, 0.1) is 0 Å². The predicted molar refractivity (Wildman–Crippen MR) is 64.5 cm³/mol. The summed E-state index contributed by atoms with van der Waals surface area (Å²) in [6.07, 6.45) is 11.5. The van der Waals surface area contributed by atoms with Crippen molar-refractivity contribution in [3.05, 3.63) is 0 Å². The van der Waals surface area contributed by atoms with E-state index in [4.69, 9.17) is 0 Å². The van der Waals surface area contributed by atoms with E-state index in [1.54, 1.807) is 0 Å². The second kappa shape index (κ2) is 4.68. The van der Waals surface area contributed by atoms with Crippen LogP contribution in [0.3, 0.4) is 0 Å². The highest BCUT2D eigenvalue weighted by molar-refractivity contribution is 4.91. The molecule has 1 rings (SSSR count). The molecule has 0 saturated heterocycles. The molecule has 1 fully saturated rings. The van der Waals surface area contributed by atoms with Gasteiger partial charge < -0.3 is 0 Å². The first kappa shape index (κ1) is 12.1. The highest BCUT2D eigenvalue weighted by Gasteiger charge is 2.40. The Morgan fingerprint density at radius 3 is 1.36 bits per heavy atom. The van der Waals surface area contributed by atoms with Gasteiger partial charge in [0.15, 0.2) is 0 Å². The minimum atomic E-state index is 0.699. The van der Waals surface area contributed by atoms with Crippen molar-refractivity contribution in [2.45, 2.75) is 79.1 Å². The van der Waals surface area contributed by atoms with E-state index in [2.05, 4.69) is 27.7 Å². The summed E-state index contributed by atoms with van der Waals surface area (Å²) in [7, 11) is 0. The number of rotatable bonds is 4. The monoisotopic (exact) mass is 196 g/mol. The van der Waals surface area contributed by atoms with Gasteiger partial charge in [0, 0.05) is 0 Å².